The molecule has 3 heterocycles. The van der Waals surface area contributed by atoms with Gasteiger partial charge in [0.15, 0.2) is 0 Å². The van der Waals surface area contributed by atoms with Crippen LogP contribution in [0.5, 0.6) is 0 Å². The third kappa shape index (κ3) is 4.99. The Morgan fingerprint density at radius 1 is 1.08 bits per heavy atom. The molecule has 1 aliphatic carbocycles. The van der Waals surface area contributed by atoms with Crippen LogP contribution >= 0.6 is 0 Å². The molecule has 2 aliphatic rings. The maximum atomic E-state index is 14.7. The summed E-state index contributed by atoms with van der Waals surface area (Å²) in [6, 6.07) is 14.1. The van der Waals surface area contributed by atoms with Crippen LogP contribution in [0.2, 0.25) is 0 Å². The molecule has 0 atom stereocenters. The summed E-state index contributed by atoms with van der Waals surface area (Å²) in [6.45, 7) is 1.16. The number of carbonyl (C=O) groups excluding carboxylic acids is 2. The van der Waals surface area contributed by atoms with E-state index < -0.39 is 5.82 Å². The fraction of sp³-hybridized carbons (Fsp3) is 0.267. The van der Waals surface area contributed by atoms with Crippen LogP contribution in [-0.2, 0) is 0 Å². The first kappa shape index (κ1) is 24.8. The molecule has 2 aromatic carbocycles. The SMILES string of the molecule is CN(C)C(=O)N1CC=C(c2cc3c(-c4ccc(F)c(NC(=O)c5ccc(C6CC6)cc5)c4)ncnc3[nH]2)CC1. The van der Waals surface area contributed by atoms with Gasteiger partial charge in [0.2, 0.25) is 0 Å². The lowest BCUT2D eigenvalue weighted by Gasteiger charge is -2.28. The number of hydrogen-bond acceptors (Lipinski definition) is 4. The van der Waals surface area contributed by atoms with Gasteiger partial charge in [-0.05, 0) is 72.7 Å². The smallest absolute Gasteiger partial charge is 0.319 e. The van der Waals surface area contributed by atoms with Crippen LogP contribution < -0.4 is 5.32 Å². The Kier molecular flexibility index (Phi) is 6.34. The number of urea groups is 1. The van der Waals surface area contributed by atoms with Crippen molar-refractivity contribution < 1.29 is 14.0 Å². The van der Waals surface area contributed by atoms with Gasteiger partial charge in [-0.15, -0.1) is 0 Å². The molecule has 4 aromatic rings. The molecule has 39 heavy (non-hydrogen) atoms. The first-order valence-corrected chi connectivity index (χ1v) is 13.1. The summed E-state index contributed by atoms with van der Waals surface area (Å²) in [7, 11) is 3.50. The standard InChI is InChI=1S/C30H29FN6O2/c1-36(2)30(39)37-13-11-20(12-14-37)25-16-23-27(32-17-33-28(23)34-25)22-9-10-24(31)26(15-22)35-29(38)21-7-5-19(6-8-21)18-3-4-18/h5-11,15-18H,3-4,12-14H2,1-2H3,(H,35,38)(H,32,33,34). The number of anilines is 1. The minimum Gasteiger partial charge on any atom is -0.339 e. The molecule has 0 radical (unpaired) electrons. The highest BCUT2D eigenvalue weighted by atomic mass is 19.1. The highest BCUT2D eigenvalue weighted by Crippen LogP contribution is 2.40. The quantitative estimate of drug-likeness (QED) is 0.352. The Morgan fingerprint density at radius 2 is 1.87 bits per heavy atom. The van der Waals surface area contributed by atoms with Gasteiger partial charge in [-0.25, -0.2) is 19.2 Å². The van der Waals surface area contributed by atoms with Crippen LogP contribution in [0.25, 0.3) is 27.9 Å². The van der Waals surface area contributed by atoms with Crippen molar-refractivity contribution in [3.8, 4) is 11.3 Å². The summed E-state index contributed by atoms with van der Waals surface area (Å²) in [5.41, 5.74) is 5.77. The van der Waals surface area contributed by atoms with Gasteiger partial charge >= 0.3 is 6.03 Å². The molecule has 8 nitrogen and oxygen atoms in total. The largest absolute Gasteiger partial charge is 0.339 e. The number of amides is 3. The average molecular weight is 525 g/mol. The molecule has 9 heteroatoms. The summed E-state index contributed by atoms with van der Waals surface area (Å²) < 4.78 is 14.7. The van der Waals surface area contributed by atoms with Crippen LogP contribution in [0, 0.1) is 5.82 Å². The number of carbonyl (C=O) groups is 2. The van der Waals surface area contributed by atoms with Gasteiger partial charge in [0, 0.05) is 49.4 Å². The molecule has 3 amide bonds. The monoisotopic (exact) mass is 524 g/mol. The highest BCUT2D eigenvalue weighted by molar-refractivity contribution is 6.05. The molecule has 0 bridgehead atoms. The normalized spacial score (nSPS) is 15.3. The summed E-state index contributed by atoms with van der Waals surface area (Å²) in [5, 5.41) is 3.51. The maximum Gasteiger partial charge on any atom is 0.319 e. The Hall–Kier alpha value is -4.53. The Balaban J connectivity index is 1.25. The van der Waals surface area contributed by atoms with E-state index in [1.807, 2.05) is 24.3 Å². The van der Waals surface area contributed by atoms with Crippen LogP contribution in [-0.4, -0.2) is 63.9 Å². The molecule has 1 aliphatic heterocycles. The average Bonchev–Trinajstić information content (AvgIpc) is 3.71. The third-order valence-electron chi connectivity index (χ3n) is 7.34. The number of H-pyrrole nitrogens is 1. The number of nitrogens with one attached hydrogen (secondary N) is 2. The van der Waals surface area contributed by atoms with E-state index in [9.17, 15) is 14.0 Å². The number of hydrogen-bond donors (Lipinski definition) is 2. The minimum absolute atomic E-state index is 0.00965. The molecule has 2 aromatic heterocycles. The van der Waals surface area contributed by atoms with E-state index in [0.29, 0.717) is 47.9 Å². The van der Waals surface area contributed by atoms with Crippen molar-refractivity contribution in [2.24, 2.45) is 0 Å². The van der Waals surface area contributed by atoms with Gasteiger partial charge < -0.3 is 20.1 Å². The lowest BCUT2D eigenvalue weighted by Crippen LogP contribution is -2.41. The Labute approximate surface area is 225 Å². The van der Waals surface area contributed by atoms with E-state index in [1.165, 1.54) is 30.8 Å². The fourth-order valence-electron chi connectivity index (χ4n) is 5.00. The highest BCUT2D eigenvalue weighted by Gasteiger charge is 2.24. The van der Waals surface area contributed by atoms with Crippen molar-refractivity contribution in [3.05, 3.63) is 83.6 Å². The van der Waals surface area contributed by atoms with Crippen molar-refractivity contribution in [3.63, 3.8) is 0 Å². The lowest BCUT2D eigenvalue weighted by atomic mass is 10.0. The van der Waals surface area contributed by atoms with Gasteiger partial charge in [0.25, 0.3) is 5.91 Å². The topological polar surface area (TPSA) is 94.2 Å². The number of fused-ring (bicyclic) bond motifs is 1. The van der Waals surface area contributed by atoms with E-state index in [4.69, 9.17) is 0 Å². The predicted octanol–water partition coefficient (Wildman–Crippen LogP) is 5.66. The molecule has 2 N–H and O–H groups in total. The molecule has 1 saturated carbocycles. The number of benzene rings is 2. The molecule has 198 valence electrons. The number of aromatic nitrogens is 3. The van der Waals surface area contributed by atoms with Gasteiger partial charge in [0.05, 0.1) is 11.4 Å². The molecule has 0 spiro atoms. The fourth-order valence-corrected chi connectivity index (χ4v) is 5.00. The van der Waals surface area contributed by atoms with Crippen molar-refractivity contribution in [2.75, 3.05) is 32.5 Å². The minimum atomic E-state index is -0.522. The zero-order valence-electron chi connectivity index (χ0n) is 21.9. The van der Waals surface area contributed by atoms with Gasteiger partial charge in [0.1, 0.15) is 17.8 Å². The predicted molar refractivity (Wildman–Crippen MR) is 149 cm³/mol. The summed E-state index contributed by atoms with van der Waals surface area (Å²) >= 11 is 0. The second-order valence-electron chi connectivity index (χ2n) is 10.3. The van der Waals surface area contributed by atoms with Crippen molar-refractivity contribution in [1.29, 1.82) is 0 Å². The van der Waals surface area contributed by atoms with Gasteiger partial charge in [-0.2, -0.15) is 0 Å². The Bertz CT molecular complexity index is 1600. The van der Waals surface area contributed by atoms with Crippen molar-refractivity contribution in [2.45, 2.75) is 25.2 Å². The first-order chi connectivity index (χ1) is 18.9. The number of halogens is 1. The van der Waals surface area contributed by atoms with E-state index >= 15 is 0 Å². The van der Waals surface area contributed by atoms with E-state index in [1.54, 1.807) is 48.2 Å². The first-order valence-electron chi connectivity index (χ1n) is 13.1. The third-order valence-corrected chi connectivity index (χ3v) is 7.34. The summed E-state index contributed by atoms with van der Waals surface area (Å²) in [4.78, 5) is 40.7. The zero-order chi connectivity index (χ0) is 27.1. The zero-order valence-corrected chi connectivity index (χ0v) is 21.9. The second-order valence-corrected chi connectivity index (χ2v) is 10.3. The van der Waals surface area contributed by atoms with Crippen LogP contribution in [0.4, 0.5) is 14.9 Å². The molecule has 0 saturated heterocycles. The summed E-state index contributed by atoms with van der Waals surface area (Å²) in [6.07, 6.45) is 6.61. The number of nitrogens with zero attached hydrogens (tertiary/aromatic N) is 4. The van der Waals surface area contributed by atoms with Gasteiger partial charge in [-0.1, -0.05) is 18.2 Å². The van der Waals surface area contributed by atoms with Gasteiger partial charge in [-0.3, -0.25) is 4.79 Å². The van der Waals surface area contributed by atoms with Crippen LogP contribution in [0.1, 0.15) is 46.8 Å². The van der Waals surface area contributed by atoms with E-state index in [0.717, 1.165) is 16.7 Å². The van der Waals surface area contributed by atoms with Crippen molar-refractivity contribution in [1.82, 2.24) is 24.8 Å². The second kappa shape index (κ2) is 9.98. The van der Waals surface area contributed by atoms with Crippen molar-refractivity contribution >= 4 is 34.2 Å². The molecular weight excluding hydrogens is 495 g/mol. The van der Waals surface area contributed by atoms with E-state index in [2.05, 4.69) is 20.3 Å². The van der Waals surface area contributed by atoms with E-state index in [-0.39, 0.29) is 17.6 Å². The molecule has 1 fully saturated rings. The summed E-state index contributed by atoms with van der Waals surface area (Å²) in [5.74, 6) is -0.284. The maximum absolute atomic E-state index is 14.7. The number of rotatable bonds is 5. The lowest BCUT2D eigenvalue weighted by molar-refractivity contribution is 0.102. The molecular formula is C30H29FN6O2. The number of aromatic amines is 1. The molecule has 6 rings (SSSR count). The van der Waals surface area contributed by atoms with Crippen LogP contribution in [0.15, 0.2) is 60.9 Å². The molecule has 0 unspecified atom stereocenters. The Morgan fingerprint density at radius 3 is 2.56 bits per heavy atom. The van der Waals surface area contributed by atoms with Crippen LogP contribution in [0.3, 0.4) is 0 Å².